The fourth-order valence-electron chi connectivity index (χ4n) is 2.22. The quantitative estimate of drug-likeness (QED) is 0.588. The molecule has 0 aromatic carbocycles. The number of carbonyl (C=O) groups is 1. The van der Waals surface area contributed by atoms with Crippen LogP contribution in [0.15, 0.2) is 24.7 Å². The molecule has 0 radical (unpaired) electrons. The van der Waals surface area contributed by atoms with Crippen molar-refractivity contribution in [1.82, 2.24) is 9.97 Å². The maximum Gasteiger partial charge on any atom is 0.165 e. The minimum absolute atomic E-state index is 0.228. The Morgan fingerprint density at radius 2 is 2.11 bits per heavy atom. The molecule has 2 aromatic heterocycles. The van der Waals surface area contributed by atoms with Gasteiger partial charge in [-0.2, -0.15) is 0 Å². The Kier molecular flexibility index (Phi) is 4.51. The Hall–Kier alpha value is -1.64. The summed E-state index contributed by atoms with van der Waals surface area (Å²) >= 11 is 0. The largest absolute Gasteiger partial charge is 0.360 e. The van der Waals surface area contributed by atoms with Gasteiger partial charge in [-0.15, -0.1) is 0 Å². The number of unbranched alkanes of at least 4 members (excludes halogenated alkanes) is 4. The van der Waals surface area contributed by atoms with Gasteiger partial charge in [0.1, 0.15) is 0 Å². The summed E-state index contributed by atoms with van der Waals surface area (Å²) in [5.74, 6) is 0.228. The van der Waals surface area contributed by atoms with Crippen LogP contribution >= 0.6 is 0 Å². The van der Waals surface area contributed by atoms with Gasteiger partial charge < -0.3 is 4.98 Å². The molecule has 1 N–H and O–H groups in total. The number of hydrogen-bond donors (Lipinski definition) is 1. The van der Waals surface area contributed by atoms with Crippen LogP contribution in [0.1, 0.15) is 55.8 Å². The maximum atomic E-state index is 12.1. The summed E-state index contributed by atoms with van der Waals surface area (Å²) in [7, 11) is 0. The highest BCUT2D eigenvalue weighted by atomic mass is 16.1. The van der Waals surface area contributed by atoms with E-state index in [-0.39, 0.29) is 5.78 Å². The first-order chi connectivity index (χ1) is 8.83. The molecule has 2 rings (SSSR count). The van der Waals surface area contributed by atoms with Gasteiger partial charge in [-0.05, 0) is 12.5 Å². The number of aromatic nitrogens is 2. The third-order valence-corrected chi connectivity index (χ3v) is 3.29. The molecular weight excluding hydrogens is 224 g/mol. The summed E-state index contributed by atoms with van der Waals surface area (Å²) in [5, 5.41) is 0.941. The lowest BCUT2D eigenvalue weighted by atomic mass is 10.0. The van der Waals surface area contributed by atoms with Crippen molar-refractivity contribution in [2.24, 2.45) is 0 Å². The van der Waals surface area contributed by atoms with Gasteiger partial charge in [-0.25, -0.2) is 0 Å². The molecule has 0 amide bonds. The minimum atomic E-state index is 0.228. The molecule has 18 heavy (non-hydrogen) atoms. The SMILES string of the molecule is CCCCCCCC(=O)c1c[nH]c2ccncc12. The summed E-state index contributed by atoms with van der Waals surface area (Å²) in [6, 6.07) is 1.90. The van der Waals surface area contributed by atoms with Crippen molar-refractivity contribution in [3.8, 4) is 0 Å². The highest BCUT2D eigenvalue weighted by Crippen LogP contribution is 2.19. The van der Waals surface area contributed by atoms with Crippen LogP contribution in [0.25, 0.3) is 10.9 Å². The van der Waals surface area contributed by atoms with E-state index in [1.165, 1.54) is 19.3 Å². The molecule has 0 atom stereocenters. The monoisotopic (exact) mass is 244 g/mol. The van der Waals surface area contributed by atoms with E-state index < -0.39 is 0 Å². The minimum Gasteiger partial charge on any atom is -0.360 e. The van der Waals surface area contributed by atoms with Crippen LogP contribution < -0.4 is 0 Å². The molecular formula is C15H20N2O. The van der Waals surface area contributed by atoms with E-state index in [9.17, 15) is 4.79 Å². The summed E-state index contributed by atoms with van der Waals surface area (Å²) in [6.45, 7) is 2.20. The lowest BCUT2D eigenvalue weighted by molar-refractivity contribution is 0.0980. The number of hydrogen-bond acceptors (Lipinski definition) is 2. The van der Waals surface area contributed by atoms with E-state index in [1.54, 1.807) is 18.6 Å². The number of carbonyl (C=O) groups excluding carboxylic acids is 1. The number of rotatable bonds is 7. The molecule has 0 fully saturated rings. The summed E-state index contributed by atoms with van der Waals surface area (Å²) in [4.78, 5) is 19.3. The highest BCUT2D eigenvalue weighted by Gasteiger charge is 2.11. The Morgan fingerprint density at radius 1 is 1.28 bits per heavy atom. The summed E-state index contributed by atoms with van der Waals surface area (Å²) in [5.41, 5.74) is 1.77. The van der Waals surface area contributed by atoms with E-state index in [0.29, 0.717) is 6.42 Å². The first-order valence-electron chi connectivity index (χ1n) is 6.77. The van der Waals surface area contributed by atoms with Gasteiger partial charge in [0.25, 0.3) is 0 Å². The van der Waals surface area contributed by atoms with Crippen LogP contribution in [0.5, 0.6) is 0 Å². The highest BCUT2D eigenvalue weighted by molar-refractivity contribution is 6.07. The Morgan fingerprint density at radius 3 is 2.94 bits per heavy atom. The lowest BCUT2D eigenvalue weighted by Crippen LogP contribution is -1.97. The second-order valence-corrected chi connectivity index (χ2v) is 4.71. The summed E-state index contributed by atoms with van der Waals surface area (Å²) < 4.78 is 0. The molecule has 96 valence electrons. The Bertz CT molecular complexity index is 516. The van der Waals surface area contributed by atoms with Gasteiger partial charge >= 0.3 is 0 Å². The van der Waals surface area contributed by atoms with Gasteiger partial charge in [-0.3, -0.25) is 9.78 Å². The smallest absolute Gasteiger partial charge is 0.165 e. The van der Waals surface area contributed by atoms with Crippen LogP contribution in [0, 0.1) is 0 Å². The van der Waals surface area contributed by atoms with Crippen molar-refractivity contribution < 1.29 is 4.79 Å². The van der Waals surface area contributed by atoms with Gasteiger partial charge in [0.15, 0.2) is 5.78 Å². The average Bonchev–Trinajstić information content (AvgIpc) is 2.82. The first kappa shape index (κ1) is 12.8. The zero-order chi connectivity index (χ0) is 12.8. The number of pyridine rings is 1. The third kappa shape index (κ3) is 2.97. The molecule has 3 nitrogen and oxygen atoms in total. The first-order valence-corrected chi connectivity index (χ1v) is 6.77. The molecule has 0 spiro atoms. The average molecular weight is 244 g/mol. The molecule has 0 saturated carbocycles. The maximum absolute atomic E-state index is 12.1. The fraction of sp³-hybridized carbons (Fsp3) is 0.467. The van der Waals surface area contributed by atoms with Crippen molar-refractivity contribution in [3.05, 3.63) is 30.2 Å². The van der Waals surface area contributed by atoms with Gasteiger partial charge in [0.2, 0.25) is 0 Å². The van der Waals surface area contributed by atoms with Crippen molar-refractivity contribution in [2.75, 3.05) is 0 Å². The number of nitrogens with zero attached hydrogens (tertiary/aromatic N) is 1. The zero-order valence-electron chi connectivity index (χ0n) is 10.9. The van der Waals surface area contributed by atoms with E-state index in [1.807, 2.05) is 6.07 Å². The second-order valence-electron chi connectivity index (χ2n) is 4.71. The third-order valence-electron chi connectivity index (χ3n) is 3.29. The number of ketones is 1. The topological polar surface area (TPSA) is 45.8 Å². The Balaban J connectivity index is 1.93. The fourth-order valence-corrected chi connectivity index (χ4v) is 2.22. The molecule has 0 aliphatic heterocycles. The van der Waals surface area contributed by atoms with E-state index in [4.69, 9.17) is 0 Å². The van der Waals surface area contributed by atoms with Gasteiger partial charge in [0.05, 0.1) is 0 Å². The molecule has 0 saturated heterocycles. The van der Waals surface area contributed by atoms with Crippen molar-refractivity contribution in [3.63, 3.8) is 0 Å². The standard InChI is InChI=1S/C15H20N2O/c1-2-3-4-5-6-7-15(18)13-11-17-14-8-9-16-10-12(13)14/h8-11,17H,2-7H2,1H3. The number of nitrogens with one attached hydrogen (secondary N) is 1. The van der Waals surface area contributed by atoms with Crippen LogP contribution in [-0.2, 0) is 0 Å². The second kappa shape index (κ2) is 6.34. The summed E-state index contributed by atoms with van der Waals surface area (Å²) in [6.07, 6.45) is 11.8. The number of Topliss-reactive ketones (excluding diaryl/α,β-unsaturated/α-hetero) is 1. The van der Waals surface area contributed by atoms with Gasteiger partial charge in [-0.1, -0.05) is 32.6 Å². The molecule has 0 bridgehead atoms. The van der Waals surface area contributed by atoms with E-state index in [0.717, 1.165) is 29.3 Å². The predicted octanol–water partition coefficient (Wildman–Crippen LogP) is 4.11. The van der Waals surface area contributed by atoms with Crippen LogP contribution in [0.4, 0.5) is 0 Å². The van der Waals surface area contributed by atoms with Crippen molar-refractivity contribution >= 4 is 16.7 Å². The van der Waals surface area contributed by atoms with E-state index >= 15 is 0 Å². The molecule has 2 heterocycles. The molecule has 0 unspecified atom stereocenters. The number of fused-ring (bicyclic) bond motifs is 1. The number of aromatic amines is 1. The van der Waals surface area contributed by atoms with Crippen LogP contribution in [0.2, 0.25) is 0 Å². The van der Waals surface area contributed by atoms with Crippen LogP contribution in [0.3, 0.4) is 0 Å². The van der Waals surface area contributed by atoms with E-state index in [2.05, 4.69) is 16.9 Å². The Labute approximate surface area is 108 Å². The molecule has 3 heteroatoms. The predicted molar refractivity (Wildman–Crippen MR) is 73.8 cm³/mol. The lowest BCUT2D eigenvalue weighted by Gasteiger charge is -2.00. The van der Waals surface area contributed by atoms with Gasteiger partial charge in [0, 0.05) is 41.5 Å². The molecule has 0 aliphatic rings. The number of H-pyrrole nitrogens is 1. The zero-order valence-corrected chi connectivity index (χ0v) is 10.9. The normalized spacial score (nSPS) is 10.9. The van der Waals surface area contributed by atoms with Crippen molar-refractivity contribution in [1.29, 1.82) is 0 Å². The van der Waals surface area contributed by atoms with Crippen molar-refractivity contribution in [2.45, 2.75) is 45.4 Å². The van der Waals surface area contributed by atoms with Crippen LogP contribution in [-0.4, -0.2) is 15.8 Å². The molecule has 0 aliphatic carbocycles. The molecule has 2 aromatic rings.